The number of fused-ring (bicyclic) bond motifs is 1. The van der Waals surface area contributed by atoms with Crippen molar-refractivity contribution in [2.45, 2.75) is 32.7 Å². The number of rotatable bonds is 4. The number of nitrogens with zero attached hydrogens (tertiary/aromatic N) is 1. The number of likely N-dealkylation sites (tertiary alicyclic amines) is 1. The molecule has 0 aliphatic carbocycles. The lowest BCUT2D eigenvalue weighted by atomic mass is 10.1. The van der Waals surface area contributed by atoms with Crippen molar-refractivity contribution in [2.75, 3.05) is 13.2 Å². The Morgan fingerprint density at radius 1 is 1.32 bits per heavy atom. The first kappa shape index (κ1) is 17.0. The van der Waals surface area contributed by atoms with Gasteiger partial charge in [-0.25, -0.2) is 4.79 Å². The van der Waals surface area contributed by atoms with Gasteiger partial charge in [0.1, 0.15) is 17.4 Å². The molecule has 1 atom stereocenters. The SMILES string of the molecule is Cc1cc(OCC(=O)N2CCCC2C(N)=O)c2c(C)cc(=O)oc2c1. The first-order valence-corrected chi connectivity index (χ1v) is 8.13. The van der Waals surface area contributed by atoms with E-state index >= 15 is 0 Å². The molecule has 2 amide bonds. The molecule has 2 heterocycles. The normalized spacial score (nSPS) is 17.0. The number of carbonyl (C=O) groups is 2. The van der Waals surface area contributed by atoms with Gasteiger partial charge in [-0.2, -0.15) is 0 Å². The minimum absolute atomic E-state index is 0.207. The summed E-state index contributed by atoms with van der Waals surface area (Å²) in [6.45, 7) is 3.92. The number of primary amides is 1. The minimum Gasteiger partial charge on any atom is -0.483 e. The lowest BCUT2D eigenvalue weighted by Crippen LogP contribution is -2.45. The third-order valence-corrected chi connectivity index (χ3v) is 4.40. The van der Waals surface area contributed by atoms with Crippen LogP contribution in [-0.4, -0.2) is 35.9 Å². The Labute approximate surface area is 144 Å². The summed E-state index contributed by atoms with van der Waals surface area (Å²) in [5, 5.41) is 0.658. The Morgan fingerprint density at radius 2 is 2.08 bits per heavy atom. The number of aryl methyl sites for hydroxylation is 2. The zero-order valence-electron chi connectivity index (χ0n) is 14.2. The van der Waals surface area contributed by atoms with Crippen molar-refractivity contribution in [1.29, 1.82) is 0 Å². The summed E-state index contributed by atoms with van der Waals surface area (Å²) in [6.07, 6.45) is 1.33. The Bertz CT molecular complexity index is 902. The highest BCUT2D eigenvalue weighted by Crippen LogP contribution is 2.29. The number of ether oxygens (including phenoxy) is 1. The van der Waals surface area contributed by atoms with Gasteiger partial charge in [0.2, 0.25) is 5.91 Å². The van der Waals surface area contributed by atoms with E-state index in [9.17, 15) is 14.4 Å². The van der Waals surface area contributed by atoms with Crippen LogP contribution in [0.1, 0.15) is 24.0 Å². The maximum atomic E-state index is 12.4. The highest BCUT2D eigenvalue weighted by molar-refractivity contribution is 5.89. The Kier molecular flexibility index (Phi) is 4.48. The number of hydrogen-bond acceptors (Lipinski definition) is 5. The molecule has 3 rings (SSSR count). The molecule has 0 spiro atoms. The second-order valence-electron chi connectivity index (χ2n) is 6.32. The van der Waals surface area contributed by atoms with Crippen LogP contribution in [0.25, 0.3) is 11.0 Å². The van der Waals surface area contributed by atoms with Crippen LogP contribution >= 0.6 is 0 Å². The van der Waals surface area contributed by atoms with Gasteiger partial charge in [-0.15, -0.1) is 0 Å². The van der Waals surface area contributed by atoms with E-state index in [1.807, 2.05) is 6.92 Å². The van der Waals surface area contributed by atoms with E-state index in [1.54, 1.807) is 19.1 Å². The van der Waals surface area contributed by atoms with Gasteiger partial charge in [0.05, 0.1) is 5.39 Å². The van der Waals surface area contributed by atoms with Gasteiger partial charge in [-0.05, 0) is 49.9 Å². The van der Waals surface area contributed by atoms with Crippen molar-refractivity contribution in [1.82, 2.24) is 4.90 Å². The lowest BCUT2D eigenvalue weighted by Gasteiger charge is -2.22. The van der Waals surface area contributed by atoms with Crippen molar-refractivity contribution in [2.24, 2.45) is 5.73 Å². The average Bonchev–Trinajstić information content (AvgIpc) is 3.01. The molecule has 1 aliphatic rings. The molecule has 1 saturated heterocycles. The van der Waals surface area contributed by atoms with Crippen LogP contribution in [-0.2, 0) is 9.59 Å². The third-order valence-electron chi connectivity index (χ3n) is 4.40. The average molecular weight is 344 g/mol. The Morgan fingerprint density at radius 3 is 2.80 bits per heavy atom. The lowest BCUT2D eigenvalue weighted by molar-refractivity contribution is -0.138. The Hall–Kier alpha value is -2.83. The molecular weight excluding hydrogens is 324 g/mol. The fraction of sp³-hybridized carbons (Fsp3) is 0.389. The summed E-state index contributed by atoms with van der Waals surface area (Å²) < 4.78 is 10.9. The summed E-state index contributed by atoms with van der Waals surface area (Å²) in [4.78, 5) is 36.9. The summed E-state index contributed by atoms with van der Waals surface area (Å²) in [5.41, 5.74) is 6.89. The van der Waals surface area contributed by atoms with Crippen molar-refractivity contribution in [3.05, 3.63) is 39.7 Å². The fourth-order valence-electron chi connectivity index (χ4n) is 3.27. The maximum Gasteiger partial charge on any atom is 0.336 e. The maximum absolute atomic E-state index is 12.4. The summed E-state index contributed by atoms with van der Waals surface area (Å²) in [5.74, 6) is -0.310. The Balaban J connectivity index is 1.85. The smallest absolute Gasteiger partial charge is 0.336 e. The number of amides is 2. The molecule has 2 N–H and O–H groups in total. The van der Waals surface area contributed by atoms with Gasteiger partial charge in [-0.3, -0.25) is 9.59 Å². The number of hydrogen-bond donors (Lipinski definition) is 1. The predicted molar refractivity (Wildman–Crippen MR) is 91.4 cm³/mol. The molecule has 1 fully saturated rings. The van der Waals surface area contributed by atoms with Gasteiger partial charge in [0, 0.05) is 12.6 Å². The van der Waals surface area contributed by atoms with E-state index < -0.39 is 17.6 Å². The molecule has 25 heavy (non-hydrogen) atoms. The quantitative estimate of drug-likeness (QED) is 0.841. The molecule has 1 aromatic carbocycles. The van der Waals surface area contributed by atoms with Crippen LogP contribution < -0.4 is 16.1 Å². The first-order chi connectivity index (χ1) is 11.9. The van der Waals surface area contributed by atoms with E-state index in [0.29, 0.717) is 35.2 Å². The predicted octanol–water partition coefficient (Wildman–Crippen LogP) is 1.26. The van der Waals surface area contributed by atoms with Crippen LogP contribution in [0.15, 0.2) is 27.4 Å². The van der Waals surface area contributed by atoms with E-state index in [0.717, 1.165) is 12.0 Å². The highest BCUT2D eigenvalue weighted by Gasteiger charge is 2.32. The molecule has 1 unspecified atom stereocenters. The molecule has 0 bridgehead atoms. The summed E-state index contributed by atoms with van der Waals surface area (Å²) >= 11 is 0. The molecule has 1 aliphatic heterocycles. The molecule has 7 heteroatoms. The van der Waals surface area contributed by atoms with Crippen LogP contribution in [0.2, 0.25) is 0 Å². The van der Waals surface area contributed by atoms with Gasteiger partial charge in [-0.1, -0.05) is 0 Å². The number of benzene rings is 1. The number of carbonyl (C=O) groups excluding carboxylic acids is 2. The zero-order chi connectivity index (χ0) is 18.1. The third kappa shape index (κ3) is 3.35. The second kappa shape index (κ2) is 6.58. The van der Waals surface area contributed by atoms with E-state index in [4.69, 9.17) is 14.9 Å². The fourth-order valence-corrected chi connectivity index (χ4v) is 3.27. The molecule has 2 aromatic rings. The van der Waals surface area contributed by atoms with Crippen LogP contribution in [0.3, 0.4) is 0 Å². The van der Waals surface area contributed by atoms with Crippen molar-refractivity contribution >= 4 is 22.8 Å². The monoisotopic (exact) mass is 344 g/mol. The van der Waals surface area contributed by atoms with Crippen molar-refractivity contribution < 1.29 is 18.7 Å². The van der Waals surface area contributed by atoms with Gasteiger partial charge >= 0.3 is 5.63 Å². The zero-order valence-corrected chi connectivity index (χ0v) is 14.2. The van der Waals surface area contributed by atoms with E-state index in [-0.39, 0.29) is 12.5 Å². The molecule has 0 saturated carbocycles. The standard InChI is InChI=1S/C18H20N2O5/c1-10-6-13(17-11(2)8-16(22)25-14(17)7-10)24-9-15(21)20-5-3-4-12(20)18(19)23/h6-8,12H,3-5,9H2,1-2H3,(H2,19,23). The minimum atomic E-state index is -0.565. The van der Waals surface area contributed by atoms with E-state index in [1.165, 1.54) is 11.0 Å². The molecule has 1 aromatic heterocycles. The molecule has 0 radical (unpaired) electrons. The first-order valence-electron chi connectivity index (χ1n) is 8.13. The van der Waals surface area contributed by atoms with Crippen LogP contribution in [0.5, 0.6) is 5.75 Å². The van der Waals surface area contributed by atoms with Crippen molar-refractivity contribution in [3.63, 3.8) is 0 Å². The van der Waals surface area contributed by atoms with Gasteiger partial charge in [0.15, 0.2) is 6.61 Å². The van der Waals surface area contributed by atoms with Crippen LogP contribution in [0.4, 0.5) is 0 Å². The summed E-state index contributed by atoms with van der Waals surface area (Å²) in [6, 6.07) is 4.36. The summed E-state index contributed by atoms with van der Waals surface area (Å²) in [7, 11) is 0. The van der Waals surface area contributed by atoms with Gasteiger partial charge in [0.25, 0.3) is 5.91 Å². The van der Waals surface area contributed by atoms with Crippen molar-refractivity contribution in [3.8, 4) is 5.75 Å². The molecular formula is C18H20N2O5. The second-order valence-corrected chi connectivity index (χ2v) is 6.32. The largest absolute Gasteiger partial charge is 0.483 e. The highest BCUT2D eigenvalue weighted by atomic mass is 16.5. The van der Waals surface area contributed by atoms with Gasteiger partial charge < -0.3 is 19.8 Å². The van der Waals surface area contributed by atoms with E-state index in [2.05, 4.69) is 0 Å². The van der Waals surface area contributed by atoms with Crippen LogP contribution in [0, 0.1) is 13.8 Å². The molecule has 132 valence electrons. The number of nitrogens with two attached hydrogens (primary N) is 1. The topological polar surface area (TPSA) is 103 Å². The molecule has 7 nitrogen and oxygen atoms in total.